The Kier molecular flexibility index (Phi) is 2.43. The number of hydrogen-bond acceptors (Lipinski definition) is 4. The van der Waals surface area contributed by atoms with Crippen molar-refractivity contribution in [2.75, 3.05) is 0 Å². The second kappa shape index (κ2) is 4.09. The van der Waals surface area contributed by atoms with E-state index in [0.717, 1.165) is 5.69 Å². The first kappa shape index (κ1) is 10.7. The van der Waals surface area contributed by atoms with E-state index in [1.54, 1.807) is 29.1 Å². The van der Waals surface area contributed by atoms with E-state index in [2.05, 4.69) is 21.1 Å². The van der Waals surface area contributed by atoms with Crippen molar-refractivity contribution in [1.82, 2.24) is 19.7 Å². The summed E-state index contributed by atoms with van der Waals surface area (Å²) in [6.45, 7) is 0. The summed E-state index contributed by atoms with van der Waals surface area (Å²) in [5, 5.41) is 14.2. The van der Waals surface area contributed by atoms with Gasteiger partial charge < -0.3 is 0 Å². The van der Waals surface area contributed by atoms with E-state index >= 15 is 0 Å². The molecule has 86 valence electrons. The molecule has 0 aliphatic carbocycles. The maximum absolute atomic E-state index is 8.89. The van der Waals surface area contributed by atoms with Gasteiger partial charge in [0.15, 0.2) is 5.65 Å². The Labute approximate surface area is 107 Å². The molecule has 0 amide bonds. The molecule has 3 rings (SSSR count). The minimum absolute atomic E-state index is 0.364. The molecular weight excluding hydrogens is 250 g/mol. The van der Waals surface area contributed by atoms with Crippen molar-refractivity contribution in [3.05, 3.63) is 47.5 Å². The second-order valence-corrected chi connectivity index (χ2v) is 3.98. The van der Waals surface area contributed by atoms with Crippen molar-refractivity contribution in [2.45, 2.75) is 0 Å². The van der Waals surface area contributed by atoms with Crippen LogP contribution in [0, 0.1) is 11.3 Å². The summed E-state index contributed by atoms with van der Waals surface area (Å²) in [5.74, 6) is 0. The normalized spacial score (nSPS) is 10.4. The molecule has 0 saturated carbocycles. The number of hydrogen-bond donors (Lipinski definition) is 0. The summed E-state index contributed by atoms with van der Waals surface area (Å²) >= 11 is 5.96. The van der Waals surface area contributed by atoms with Crippen molar-refractivity contribution >= 4 is 22.6 Å². The monoisotopic (exact) mass is 255 g/mol. The molecule has 0 aliphatic rings. The summed E-state index contributed by atoms with van der Waals surface area (Å²) in [6.07, 6.45) is 2.99. The number of nitriles is 1. The smallest absolute Gasteiger partial charge is 0.167 e. The molecule has 0 atom stereocenters. The number of halogens is 1. The van der Waals surface area contributed by atoms with Gasteiger partial charge in [-0.3, -0.25) is 0 Å². The Bertz CT molecular complexity index is 771. The minimum atomic E-state index is 0.364. The van der Waals surface area contributed by atoms with Crippen LogP contribution in [0.1, 0.15) is 5.56 Å². The molecular formula is C12H6ClN5. The molecule has 0 fully saturated rings. The molecule has 0 saturated heterocycles. The van der Waals surface area contributed by atoms with Gasteiger partial charge in [0.25, 0.3) is 0 Å². The predicted molar refractivity (Wildman–Crippen MR) is 66.4 cm³/mol. The topological polar surface area (TPSA) is 67.4 Å². The zero-order valence-electron chi connectivity index (χ0n) is 9.08. The number of benzene rings is 1. The third kappa shape index (κ3) is 1.60. The fraction of sp³-hybridized carbons (Fsp3) is 0. The summed E-state index contributed by atoms with van der Waals surface area (Å²) in [6, 6.07) is 9.21. The molecule has 5 nitrogen and oxygen atoms in total. The predicted octanol–water partition coefficient (Wildman–Crippen LogP) is 2.34. The van der Waals surface area contributed by atoms with Crippen molar-refractivity contribution in [2.24, 2.45) is 0 Å². The van der Waals surface area contributed by atoms with Gasteiger partial charge in [-0.2, -0.15) is 10.4 Å². The van der Waals surface area contributed by atoms with Gasteiger partial charge in [-0.15, -0.1) is 0 Å². The van der Waals surface area contributed by atoms with E-state index in [0.29, 0.717) is 21.7 Å². The lowest BCUT2D eigenvalue weighted by Crippen LogP contribution is -1.98. The van der Waals surface area contributed by atoms with E-state index in [4.69, 9.17) is 16.9 Å². The Morgan fingerprint density at radius 3 is 3.00 bits per heavy atom. The first-order valence-electron chi connectivity index (χ1n) is 5.14. The van der Waals surface area contributed by atoms with Crippen LogP contribution in [0.4, 0.5) is 0 Å². The number of aromatic nitrogens is 4. The molecule has 0 aliphatic heterocycles. The standard InChI is InChI=1S/C12H6ClN5/c13-11-10-6-17-18(12(10)16-7-15-11)9-3-1-2-8(4-9)5-14/h1-4,6-7H. The Balaban J connectivity index is 2.26. The maximum atomic E-state index is 8.89. The molecule has 0 unspecified atom stereocenters. The third-order valence-electron chi connectivity index (χ3n) is 2.54. The number of rotatable bonds is 1. The number of nitrogens with zero attached hydrogens (tertiary/aromatic N) is 5. The first-order chi connectivity index (χ1) is 8.79. The van der Waals surface area contributed by atoms with Gasteiger partial charge >= 0.3 is 0 Å². The van der Waals surface area contributed by atoms with Crippen molar-refractivity contribution in [3.8, 4) is 11.8 Å². The summed E-state index contributed by atoms with van der Waals surface area (Å²) < 4.78 is 1.63. The van der Waals surface area contributed by atoms with E-state index in [-0.39, 0.29) is 0 Å². The highest BCUT2D eigenvalue weighted by Gasteiger charge is 2.09. The average Bonchev–Trinajstić information content (AvgIpc) is 2.84. The molecule has 0 N–H and O–H groups in total. The largest absolute Gasteiger partial charge is 0.224 e. The molecule has 0 spiro atoms. The molecule has 2 heterocycles. The summed E-state index contributed by atoms with van der Waals surface area (Å²) in [4.78, 5) is 8.05. The van der Waals surface area contributed by atoms with E-state index in [1.807, 2.05) is 6.07 Å². The zero-order valence-corrected chi connectivity index (χ0v) is 9.83. The van der Waals surface area contributed by atoms with Crippen molar-refractivity contribution in [1.29, 1.82) is 5.26 Å². The van der Waals surface area contributed by atoms with Crippen LogP contribution in [0.3, 0.4) is 0 Å². The molecule has 6 heteroatoms. The van der Waals surface area contributed by atoms with Crippen LogP contribution in [0.25, 0.3) is 16.7 Å². The zero-order chi connectivity index (χ0) is 12.5. The van der Waals surface area contributed by atoms with Crippen molar-refractivity contribution < 1.29 is 0 Å². The van der Waals surface area contributed by atoms with Gasteiger partial charge in [-0.05, 0) is 18.2 Å². The van der Waals surface area contributed by atoms with Crippen LogP contribution in [-0.2, 0) is 0 Å². The van der Waals surface area contributed by atoms with Gasteiger partial charge in [0.05, 0.1) is 28.9 Å². The average molecular weight is 256 g/mol. The Morgan fingerprint density at radius 2 is 2.17 bits per heavy atom. The molecule has 0 radical (unpaired) electrons. The lowest BCUT2D eigenvalue weighted by atomic mass is 10.2. The van der Waals surface area contributed by atoms with Crippen LogP contribution in [-0.4, -0.2) is 19.7 Å². The van der Waals surface area contributed by atoms with Gasteiger partial charge in [0.2, 0.25) is 0 Å². The third-order valence-corrected chi connectivity index (χ3v) is 2.84. The van der Waals surface area contributed by atoms with Crippen LogP contribution >= 0.6 is 11.6 Å². The van der Waals surface area contributed by atoms with Gasteiger partial charge in [0, 0.05) is 0 Å². The molecule has 1 aromatic carbocycles. The molecule has 2 aromatic heterocycles. The fourth-order valence-electron chi connectivity index (χ4n) is 1.71. The van der Waals surface area contributed by atoms with Crippen LogP contribution in [0.5, 0.6) is 0 Å². The van der Waals surface area contributed by atoms with Crippen LogP contribution in [0.2, 0.25) is 5.15 Å². The van der Waals surface area contributed by atoms with E-state index < -0.39 is 0 Å². The van der Waals surface area contributed by atoms with Gasteiger partial charge in [-0.25, -0.2) is 14.6 Å². The first-order valence-corrected chi connectivity index (χ1v) is 5.52. The molecule has 3 aromatic rings. The molecule has 18 heavy (non-hydrogen) atoms. The lowest BCUT2D eigenvalue weighted by Gasteiger charge is -2.02. The quantitative estimate of drug-likeness (QED) is 0.626. The highest BCUT2D eigenvalue weighted by atomic mass is 35.5. The Morgan fingerprint density at radius 1 is 1.28 bits per heavy atom. The highest BCUT2D eigenvalue weighted by Crippen LogP contribution is 2.21. The second-order valence-electron chi connectivity index (χ2n) is 3.62. The molecule has 0 bridgehead atoms. The SMILES string of the molecule is N#Cc1cccc(-n2ncc3c(Cl)ncnc32)c1. The van der Waals surface area contributed by atoms with Gasteiger partial charge in [-0.1, -0.05) is 17.7 Å². The Hall–Kier alpha value is -2.45. The summed E-state index contributed by atoms with van der Waals surface area (Å²) in [7, 11) is 0. The highest BCUT2D eigenvalue weighted by molar-refractivity contribution is 6.33. The summed E-state index contributed by atoms with van der Waals surface area (Å²) in [5.41, 5.74) is 1.94. The van der Waals surface area contributed by atoms with Crippen LogP contribution < -0.4 is 0 Å². The number of fused-ring (bicyclic) bond motifs is 1. The fourth-order valence-corrected chi connectivity index (χ4v) is 1.89. The van der Waals surface area contributed by atoms with Gasteiger partial charge in [0.1, 0.15) is 11.5 Å². The lowest BCUT2D eigenvalue weighted by molar-refractivity contribution is 0.894. The van der Waals surface area contributed by atoms with Crippen molar-refractivity contribution in [3.63, 3.8) is 0 Å². The minimum Gasteiger partial charge on any atom is -0.224 e. The van der Waals surface area contributed by atoms with E-state index in [9.17, 15) is 0 Å². The van der Waals surface area contributed by atoms with E-state index in [1.165, 1.54) is 6.33 Å². The van der Waals surface area contributed by atoms with Crippen LogP contribution in [0.15, 0.2) is 36.8 Å². The maximum Gasteiger partial charge on any atom is 0.167 e.